The van der Waals surface area contributed by atoms with Crippen LogP contribution in [0.3, 0.4) is 0 Å². The molecule has 0 aliphatic heterocycles. The second-order valence-electron chi connectivity index (χ2n) is 12.0. The molecule has 2 fully saturated rings. The minimum absolute atomic E-state index is 0.0162. The fourth-order valence-electron chi connectivity index (χ4n) is 6.84. The summed E-state index contributed by atoms with van der Waals surface area (Å²) in [6.07, 6.45) is 10.9. The Morgan fingerprint density at radius 3 is 2.52 bits per heavy atom. The maximum atomic E-state index is 14.3. The SMILES string of the molecule is CCCc1c(Cc2ccc(-c3ccccc3C#N)cc2)c(=O)n(C2CCC(OCC3(O)CCCC3)CC2)c2ncnn12. The lowest BCUT2D eigenvalue weighted by Crippen LogP contribution is -2.37. The first-order chi connectivity index (χ1) is 20.5. The molecule has 1 N–H and O–H groups in total. The number of ether oxygens (including phenoxy) is 1. The molecule has 8 nitrogen and oxygen atoms in total. The molecule has 2 heterocycles. The van der Waals surface area contributed by atoms with Crippen LogP contribution >= 0.6 is 0 Å². The highest BCUT2D eigenvalue weighted by Gasteiger charge is 2.34. The van der Waals surface area contributed by atoms with Crippen LogP contribution in [-0.2, 0) is 17.6 Å². The highest BCUT2D eigenvalue weighted by atomic mass is 16.5. The molecule has 0 saturated heterocycles. The van der Waals surface area contributed by atoms with Crippen molar-refractivity contribution < 1.29 is 9.84 Å². The predicted octanol–water partition coefficient (Wildman–Crippen LogP) is 5.78. The van der Waals surface area contributed by atoms with Crippen molar-refractivity contribution in [1.29, 1.82) is 5.26 Å². The quantitative estimate of drug-likeness (QED) is 0.276. The van der Waals surface area contributed by atoms with Crippen LogP contribution in [0.1, 0.15) is 93.1 Å². The van der Waals surface area contributed by atoms with Crippen LogP contribution in [0, 0.1) is 11.3 Å². The topological polar surface area (TPSA) is 105 Å². The number of aryl methyl sites for hydroxylation is 1. The number of benzene rings is 2. The average Bonchev–Trinajstić information content (AvgIpc) is 3.68. The fourth-order valence-corrected chi connectivity index (χ4v) is 6.84. The monoisotopic (exact) mass is 565 g/mol. The fraction of sp³-hybridized carbons (Fsp3) is 0.471. The Kier molecular flexibility index (Phi) is 8.23. The molecule has 0 bridgehead atoms. The minimum atomic E-state index is -0.664. The maximum Gasteiger partial charge on any atom is 0.259 e. The first-order valence-corrected chi connectivity index (χ1v) is 15.4. The molecule has 2 aliphatic carbocycles. The van der Waals surface area contributed by atoms with Gasteiger partial charge in [0, 0.05) is 18.0 Å². The van der Waals surface area contributed by atoms with Crippen molar-refractivity contribution >= 4 is 5.78 Å². The summed E-state index contributed by atoms with van der Waals surface area (Å²) in [4.78, 5) is 18.8. The smallest absolute Gasteiger partial charge is 0.259 e. The van der Waals surface area contributed by atoms with Crippen LogP contribution in [0.5, 0.6) is 0 Å². The van der Waals surface area contributed by atoms with Crippen molar-refractivity contribution in [2.75, 3.05) is 6.61 Å². The van der Waals surface area contributed by atoms with E-state index in [-0.39, 0.29) is 17.7 Å². The second kappa shape index (κ2) is 12.2. The van der Waals surface area contributed by atoms with Crippen molar-refractivity contribution in [2.45, 2.75) is 95.3 Å². The van der Waals surface area contributed by atoms with Crippen molar-refractivity contribution in [2.24, 2.45) is 0 Å². The van der Waals surface area contributed by atoms with E-state index in [2.05, 4.69) is 35.2 Å². The zero-order chi connectivity index (χ0) is 29.1. The third-order valence-electron chi connectivity index (χ3n) is 9.14. The first kappa shape index (κ1) is 28.3. The van der Waals surface area contributed by atoms with E-state index >= 15 is 0 Å². The predicted molar refractivity (Wildman–Crippen MR) is 161 cm³/mol. The van der Waals surface area contributed by atoms with E-state index in [4.69, 9.17) is 4.74 Å². The van der Waals surface area contributed by atoms with Gasteiger partial charge in [-0.25, -0.2) is 4.52 Å². The molecule has 2 aliphatic rings. The molecule has 0 spiro atoms. The molecule has 42 heavy (non-hydrogen) atoms. The van der Waals surface area contributed by atoms with Gasteiger partial charge in [0.25, 0.3) is 5.56 Å². The summed E-state index contributed by atoms with van der Waals surface area (Å²) >= 11 is 0. The van der Waals surface area contributed by atoms with Crippen LogP contribution in [0.25, 0.3) is 16.9 Å². The van der Waals surface area contributed by atoms with E-state index in [1.807, 2.05) is 45.5 Å². The largest absolute Gasteiger partial charge is 0.387 e. The van der Waals surface area contributed by atoms with Gasteiger partial charge in [-0.3, -0.25) is 9.36 Å². The van der Waals surface area contributed by atoms with Crippen molar-refractivity contribution in [3.05, 3.63) is 87.6 Å². The van der Waals surface area contributed by atoms with Gasteiger partial charge in [0.1, 0.15) is 6.33 Å². The molecular formula is C34H39N5O3. The lowest BCUT2D eigenvalue weighted by atomic mass is 9.92. The zero-order valence-corrected chi connectivity index (χ0v) is 24.3. The molecule has 0 radical (unpaired) electrons. The van der Waals surface area contributed by atoms with Gasteiger partial charge >= 0.3 is 0 Å². The summed E-state index contributed by atoms with van der Waals surface area (Å²) < 4.78 is 9.92. The van der Waals surface area contributed by atoms with Gasteiger partial charge in [-0.1, -0.05) is 68.7 Å². The van der Waals surface area contributed by atoms with Gasteiger partial charge in [-0.05, 0) is 67.7 Å². The molecule has 2 saturated carbocycles. The highest BCUT2D eigenvalue weighted by molar-refractivity contribution is 5.70. The normalized spacial score (nSPS) is 20.1. The van der Waals surface area contributed by atoms with Gasteiger partial charge in [0.05, 0.1) is 35.6 Å². The molecular weight excluding hydrogens is 526 g/mol. The molecule has 2 aromatic carbocycles. The van der Waals surface area contributed by atoms with E-state index in [9.17, 15) is 15.2 Å². The number of hydrogen-bond acceptors (Lipinski definition) is 6. The maximum absolute atomic E-state index is 14.3. The molecule has 8 heteroatoms. The molecule has 0 amide bonds. The van der Waals surface area contributed by atoms with E-state index in [0.29, 0.717) is 24.4 Å². The Balaban J connectivity index is 1.26. The van der Waals surface area contributed by atoms with Crippen LogP contribution in [0.15, 0.2) is 59.7 Å². The van der Waals surface area contributed by atoms with Gasteiger partial charge in [-0.15, -0.1) is 0 Å². The Labute approximate surface area is 246 Å². The number of aromatic nitrogens is 4. The third kappa shape index (κ3) is 5.64. The number of nitriles is 1. The van der Waals surface area contributed by atoms with Crippen molar-refractivity contribution in [1.82, 2.24) is 19.2 Å². The van der Waals surface area contributed by atoms with Crippen LogP contribution < -0.4 is 5.56 Å². The Morgan fingerprint density at radius 1 is 1.07 bits per heavy atom. The van der Waals surface area contributed by atoms with Crippen molar-refractivity contribution in [3.63, 3.8) is 0 Å². The number of nitrogens with zero attached hydrogens (tertiary/aromatic N) is 5. The number of aliphatic hydroxyl groups is 1. The molecule has 6 rings (SSSR count). The first-order valence-electron chi connectivity index (χ1n) is 15.4. The zero-order valence-electron chi connectivity index (χ0n) is 24.3. The van der Waals surface area contributed by atoms with Crippen LogP contribution in [0.4, 0.5) is 0 Å². The Hall–Kier alpha value is -3.80. The molecule has 0 atom stereocenters. The van der Waals surface area contributed by atoms with Crippen molar-refractivity contribution in [3.8, 4) is 17.2 Å². The number of rotatable bonds is 9. The van der Waals surface area contributed by atoms with Gasteiger partial charge in [-0.2, -0.15) is 15.3 Å². The van der Waals surface area contributed by atoms with E-state index in [1.165, 1.54) is 0 Å². The molecule has 2 aromatic heterocycles. The summed E-state index contributed by atoms with van der Waals surface area (Å²) in [5, 5.41) is 24.8. The standard InChI is InChI=1S/C34H39N5O3/c1-2-7-31-30(20-24-10-12-25(13-11-24)29-9-4-3-8-26(29)21-35)32(40)38(33-36-23-37-39(31)33)27-14-16-28(17-15-27)42-22-34(41)18-5-6-19-34/h3-4,8-13,23,27-28,41H,2,5-7,14-20,22H2,1H3. The average molecular weight is 566 g/mol. The van der Waals surface area contributed by atoms with Gasteiger partial charge < -0.3 is 9.84 Å². The summed E-state index contributed by atoms with van der Waals surface area (Å²) in [5.41, 5.74) is 4.61. The van der Waals surface area contributed by atoms with E-state index < -0.39 is 5.60 Å². The third-order valence-corrected chi connectivity index (χ3v) is 9.14. The van der Waals surface area contributed by atoms with E-state index in [0.717, 1.165) is 92.2 Å². The van der Waals surface area contributed by atoms with Gasteiger partial charge in [0.2, 0.25) is 5.78 Å². The summed E-state index contributed by atoms with van der Waals surface area (Å²) in [6.45, 7) is 2.52. The lowest BCUT2D eigenvalue weighted by molar-refractivity contribution is -0.0796. The highest BCUT2D eigenvalue weighted by Crippen LogP contribution is 2.34. The van der Waals surface area contributed by atoms with Crippen LogP contribution in [0.2, 0.25) is 0 Å². The van der Waals surface area contributed by atoms with Gasteiger partial charge in [0.15, 0.2) is 0 Å². The second-order valence-corrected chi connectivity index (χ2v) is 12.0. The number of hydrogen-bond donors (Lipinski definition) is 1. The Bertz CT molecular complexity index is 1630. The molecule has 4 aromatic rings. The number of fused-ring (bicyclic) bond motifs is 1. The summed E-state index contributed by atoms with van der Waals surface area (Å²) in [7, 11) is 0. The minimum Gasteiger partial charge on any atom is -0.387 e. The van der Waals surface area contributed by atoms with Crippen LogP contribution in [-0.4, -0.2) is 42.6 Å². The lowest BCUT2D eigenvalue weighted by Gasteiger charge is -2.32. The summed E-state index contributed by atoms with van der Waals surface area (Å²) in [5.74, 6) is 0.611. The van der Waals surface area contributed by atoms with E-state index in [1.54, 1.807) is 6.33 Å². The molecule has 218 valence electrons. The molecule has 0 unspecified atom stereocenters. The summed E-state index contributed by atoms with van der Waals surface area (Å²) in [6, 6.07) is 18.1. The Morgan fingerprint density at radius 2 is 1.81 bits per heavy atom.